The van der Waals surface area contributed by atoms with Gasteiger partial charge < -0.3 is 57.8 Å². The lowest BCUT2D eigenvalue weighted by molar-refractivity contribution is -0.398. The average Bonchev–Trinajstić information content (AvgIpc) is 1.80. The van der Waals surface area contributed by atoms with Crippen molar-refractivity contribution in [2.45, 2.75) is 108 Å². The maximum absolute atomic E-state index is 14.3. The third-order valence-electron chi connectivity index (χ3n) is 15.1. The van der Waals surface area contributed by atoms with Crippen LogP contribution in [0, 0.1) is 0 Å². The number of aliphatic hydroxyl groups is 1. The summed E-state index contributed by atoms with van der Waals surface area (Å²) in [6, 6.07) is 79.5. The summed E-state index contributed by atoms with van der Waals surface area (Å²) in [4.78, 5) is 16.3. The fourth-order valence-corrected chi connectivity index (χ4v) is 10.8. The van der Waals surface area contributed by atoms with Crippen LogP contribution in [-0.2, 0) is 105 Å². The number of carbonyl (C=O) groups excluding carboxylic acids is 1. The van der Waals surface area contributed by atoms with Gasteiger partial charge in [-0.1, -0.05) is 243 Å². The quantitative estimate of drug-likeness (QED) is 0.0377. The van der Waals surface area contributed by atoms with Crippen molar-refractivity contribution in [1.29, 1.82) is 0 Å². The second-order valence-corrected chi connectivity index (χ2v) is 21.6. The number of aliphatic hydroxyl groups excluding tert-OH is 1. The normalized spacial score (nSPS) is 22.0. The van der Waals surface area contributed by atoms with Gasteiger partial charge in [0.1, 0.15) is 49.3 Å². The Bertz CT molecular complexity index is 3140. The van der Waals surface area contributed by atoms with E-state index in [0.717, 1.165) is 44.5 Å². The largest absolute Gasteiger partial charge is 0.394 e. The minimum absolute atomic E-state index is 0.00496. The predicted octanol–water partition coefficient (Wildman–Crippen LogP) is 10.8. The minimum atomic E-state index is -1.83. The Kier molecular flexibility index (Phi) is 23.7. The van der Waals surface area contributed by atoms with E-state index in [2.05, 4.69) is 10.2 Å². The molecule has 0 spiro atoms. The Hall–Kier alpha value is -7.25. The fraction of sp³-hybridized carbons (Fsp3) is 0.319. The molecule has 14 heteroatoms. The molecule has 86 heavy (non-hydrogen) atoms. The maximum Gasteiger partial charge on any atom is 0.234 e. The summed E-state index contributed by atoms with van der Waals surface area (Å²) in [5.41, 5.74) is 7.54. The molecule has 0 aliphatic carbocycles. The number of hydrogen-bond acceptors (Lipinski definition) is 13. The monoisotopic (exact) mass is 1160 g/mol. The Morgan fingerprint density at radius 3 is 1.34 bits per heavy atom. The van der Waals surface area contributed by atoms with Crippen molar-refractivity contribution in [2.24, 2.45) is 0 Å². The molecule has 9 atom stereocenters. The Morgan fingerprint density at radius 1 is 0.453 bits per heavy atom. The van der Waals surface area contributed by atoms with Crippen molar-refractivity contribution in [3.05, 3.63) is 287 Å². The molecule has 2 fully saturated rings. The average molecular weight is 1160 g/mol. The van der Waals surface area contributed by atoms with Crippen LogP contribution in [0.1, 0.15) is 44.5 Å². The van der Waals surface area contributed by atoms with Crippen LogP contribution >= 0.6 is 0 Å². The zero-order chi connectivity index (χ0) is 58.9. The van der Waals surface area contributed by atoms with E-state index in [0.29, 0.717) is 13.1 Å². The number of benzene rings is 8. The van der Waals surface area contributed by atoms with E-state index >= 15 is 0 Å². The van der Waals surface area contributed by atoms with E-state index in [-0.39, 0.29) is 85.1 Å². The molecule has 8 aromatic rings. The van der Waals surface area contributed by atoms with Crippen LogP contribution in [0.3, 0.4) is 0 Å². The standard InChI is InChI=1S/C72H78N2O12/c75-41-42-77-53-64-66(79-48-58-31-15-4-16-32-58)68(81-50-60-35-19-6-20-36-60)69(82-51-61-37-21-7-22-38-61)71(84-64)86-72(54-78-47-57-29-13-3-14-30-57)70(83-52-62-39-23-8-24-40-62)67(80-49-59-33-17-5-18-34-59)63(85-72)45-74(44-56-27-11-2-12-28-56)46-65(76)73-43-55-25-9-1-10-26-55/h1-40,63-64,66-71,75H,41-54H2,(H,73,76)/t63-,64-,66-,67-,68+,69-,70+,71-,72+/m1/s1. The van der Waals surface area contributed by atoms with E-state index in [4.69, 9.17) is 47.4 Å². The molecule has 0 saturated carbocycles. The number of nitrogens with one attached hydrogen (secondary N) is 1. The molecule has 1 amide bonds. The topological polar surface area (TPSA) is 145 Å². The highest BCUT2D eigenvalue weighted by molar-refractivity contribution is 5.78. The second-order valence-electron chi connectivity index (χ2n) is 21.6. The van der Waals surface area contributed by atoms with Crippen LogP contribution in [0.5, 0.6) is 0 Å². The first-order valence-corrected chi connectivity index (χ1v) is 29.6. The van der Waals surface area contributed by atoms with Gasteiger partial charge in [-0.2, -0.15) is 0 Å². The fourth-order valence-electron chi connectivity index (χ4n) is 10.8. The molecule has 0 unspecified atom stereocenters. The Morgan fingerprint density at radius 2 is 0.860 bits per heavy atom. The number of carbonyl (C=O) groups is 1. The third-order valence-corrected chi connectivity index (χ3v) is 15.1. The summed E-state index contributed by atoms with van der Waals surface area (Å²) < 4.78 is 71.6. The summed E-state index contributed by atoms with van der Waals surface area (Å²) in [5, 5.41) is 13.2. The van der Waals surface area contributed by atoms with Gasteiger partial charge in [0.15, 0.2) is 6.29 Å². The van der Waals surface area contributed by atoms with Gasteiger partial charge in [-0.3, -0.25) is 9.69 Å². The third kappa shape index (κ3) is 18.4. The first-order valence-electron chi connectivity index (χ1n) is 29.6. The molecule has 2 aliphatic heterocycles. The zero-order valence-electron chi connectivity index (χ0n) is 48.5. The molecule has 2 aliphatic rings. The first-order chi connectivity index (χ1) is 42.5. The Balaban J connectivity index is 1.09. The number of ether oxygens (including phenoxy) is 10. The minimum Gasteiger partial charge on any atom is -0.394 e. The molecule has 448 valence electrons. The van der Waals surface area contributed by atoms with Gasteiger partial charge in [-0.15, -0.1) is 0 Å². The molecule has 2 saturated heterocycles. The lowest BCUT2D eigenvalue weighted by atomic mass is 9.97. The molecule has 8 aromatic carbocycles. The second kappa shape index (κ2) is 33.0. The van der Waals surface area contributed by atoms with Crippen molar-refractivity contribution in [1.82, 2.24) is 10.2 Å². The van der Waals surface area contributed by atoms with Crippen molar-refractivity contribution < 1.29 is 57.3 Å². The molecule has 2 heterocycles. The molecule has 0 radical (unpaired) electrons. The molecule has 14 nitrogen and oxygen atoms in total. The zero-order valence-corrected chi connectivity index (χ0v) is 48.5. The van der Waals surface area contributed by atoms with Crippen LogP contribution in [-0.4, -0.2) is 110 Å². The number of nitrogens with zero attached hydrogens (tertiary/aromatic N) is 1. The van der Waals surface area contributed by atoms with Crippen LogP contribution in [0.25, 0.3) is 0 Å². The summed E-state index contributed by atoms with van der Waals surface area (Å²) in [5.74, 6) is -2.00. The lowest BCUT2D eigenvalue weighted by Gasteiger charge is -2.48. The smallest absolute Gasteiger partial charge is 0.234 e. The SMILES string of the molecule is O=C(CN(Cc1ccccc1)C[C@H]1O[C@@](COCc2ccccc2)(O[C@H]2O[C@H](COCCO)[C@@H](OCc3ccccc3)[C@H](OCc3ccccc3)[C@H]2OCc2ccccc2)[C@@H](OCc2ccccc2)[C@@H]1OCc1ccccc1)NCc1ccccc1. The van der Waals surface area contributed by atoms with Gasteiger partial charge in [-0.25, -0.2) is 0 Å². The Labute approximate surface area is 505 Å². The summed E-state index contributed by atoms with van der Waals surface area (Å²) in [6.45, 7) is 1.72. The number of rotatable bonds is 33. The summed E-state index contributed by atoms with van der Waals surface area (Å²) >= 11 is 0. The van der Waals surface area contributed by atoms with Crippen molar-refractivity contribution in [3.8, 4) is 0 Å². The highest BCUT2D eigenvalue weighted by Gasteiger charge is 2.62. The summed E-state index contributed by atoms with van der Waals surface area (Å²) in [6.07, 6.45) is -7.53. The van der Waals surface area contributed by atoms with Gasteiger partial charge in [0.25, 0.3) is 0 Å². The van der Waals surface area contributed by atoms with Crippen molar-refractivity contribution in [3.63, 3.8) is 0 Å². The highest BCUT2D eigenvalue weighted by Crippen LogP contribution is 2.43. The van der Waals surface area contributed by atoms with E-state index in [1.165, 1.54) is 0 Å². The van der Waals surface area contributed by atoms with Crippen molar-refractivity contribution >= 4 is 5.91 Å². The van der Waals surface area contributed by atoms with Crippen LogP contribution < -0.4 is 5.32 Å². The van der Waals surface area contributed by atoms with Crippen LogP contribution in [0.15, 0.2) is 243 Å². The van der Waals surface area contributed by atoms with E-state index in [1.54, 1.807) is 0 Å². The van der Waals surface area contributed by atoms with Gasteiger partial charge in [-0.05, 0) is 44.5 Å². The first kappa shape index (κ1) is 61.8. The number of amides is 1. The van der Waals surface area contributed by atoms with Crippen molar-refractivity contribution in [2.75, 3.05) is 39.5 Å². The van der Waals surface area contributed by atoms with Crippen LogP contribution in [0.4, 0.5) is 0 Å². The highest BCUT2D eigenvalue weighted by atomic mass is 16.8. The molecule has 2 N–H and O–H groups in total. The predicted molar refractivity (Wildman–Crippen MR) is 326 cm³/mol. The van der Waals surface area contributed by atoms with E-state index in [1.807, 2.05) is 243 Å². The van der Waals surface area contributed by atoms with E-state index < -0.39 is 54.8 Å². The summed E-state index contributed by atoms with van der Waals surface area (Å²) in [7, 11) is 0. The molecule has 0 aromatic heterocycles. The van der Waals surface area contributed by atoms with Gasteiger partial charge in [0.05, 0.1) is 66.0 Å². The lowest BCUT2D eigenvalue weighted by Crippen LogP contribution is -2.65. The van der Waals surface area contributed by atoms with Gasteiger partial charge in [0.2, 0.25) is 11.7 Å². The maximum atomic E-state index is 14.3. The van der Waals surface area contributed by atoms with Gasteiger partial charge in [0, 0.05) is 19.6 Å². The van der Waals surface area contributed by atoms with E-state index in [9.17, 15) is 9.90 Å². The van der Waals surface area contributed by atoms with Crippen LogP contribution in [0.2, 0.25) is 0 Å². The molecular weight excluding hydrogens is 1080 g/mol. The molecular formula is C72H78N2O12. The molecule has 0 bridgehead atoms. The number of hydrogen-bond donors (Lipinski definition) is 2. The molecule has 10 rings (SSSR count). The van der Waals surface area contributed by atoms with Gasteiger partial charge >= 0.3 is 0 Å².